The van der Waals surface area contributed by atoms with Gasteiger partial charge in [0.25, 0.3) is 0 Å². The third-order valence-corrected chi connectivity index (χ3v) is 5.66. The van der Waals surface area contributed by atoms with Crippen LogP contribution in [0.5, 0.6) is 0 Å². The molecule has 0 saturated heterocycles. The zero-order valence-electron chi connectivity index (χ0n) is 13.8. The minimum absolute atomic E-state index is 0.144. The molecule has 2 saturated carbocycles. The highest BCUT2D eigenvalue weighted by atomic mass is 16.3. The van der Waals surface area contributed by atoms with Gasteiger partial charge in [-0.1, -0.05) is 27.7 Å². The lowest BCUT2D eigenvalue weighted by atomic mass is 9.60. The molecule has 2 heteroatoms. The average molecular weight is 282 g/mol. The molecular formula is C18H34O2. The molecule has 2 fully saturated rings. The molecule has 0 radical (unpaired) electrons. The van der Waals surface area contributed by atoms with Crippen LogP contribution in [0, 0.1) is 35.5 Å². The molecule has 0 aliphatic heterocycles. The molecule has 0 amide bonds. The van der Waals surface area contributed by atoms with Crippen LogP contribution in [0.3, 0.4) is 0 Å². The Hall–Kier alpha value is -0.0800. The Balaban J connectivity index is 2.04. The number of fused-ring (bicyclic) bond motifs is 1. The van der Waals surface area contributed by atoms with E-state index in [4.69, 9.17) is 0 Å². The van der Waals surface area contributed by atoms with Crippen LogP contribution in [0.1, 0.15) is 66.2 Å². The van der Waals surface area contributed by atoms with E-state index in [2.05, 4.69) is 27.7 Å². The van der Waals surface area contributed by atoms with Gasteiger partial charge in [-0.05, 0) is 68.1 Å². The van der Waals surface area contributed by atoms with Gasteiger partial charge in [0.2, 0.25) is 0 Å². The minimum atomic E-state index is -0.277. The Morgan fingerprint density at radius 1 is 0.750 bits per heavy atom. The Bertz CT molecular complexity index is 272. The normalized spacial score (nSPS) is 42.0. The highest BCUT2D eigenvalue weighted by molar-refractivity contribution is 4.96. The van der Waals surface area contributed by atoms with Crippen molar-refractivity contribution in [3.8, 4) is 0 Å². The second-order valence-electron chi connectivity index (χ2n) is 8.25. The monoisotopic (exact) mass is 282 g/mol. The number of rotatable bonds is 4. The van der Waals surface area contributed by atoms with E-state index in [1.54, 1.807) is 0 Å². The topological polar surface area (TPSA) is 40.5 Å². The molecule has 0 aromatic carbocycles. The summed E-state index contributed by atoms with van der Waals surface area (Å²) in [5.74, 6) is 2.79. The van der Waals surface area contributed by atoms with Crippen molar-refractivity contribution in [3.63, 3.8) is 0 Å². The Morgan fingerprint density at radius 3 is 1.50 bits per heavy atom. The quantitative estimate of drug-likeness (QED) is 0.822. The summed E-state index contributed by atoms with van der Waals surface area (Å²) < 4.78 is 0. The van der Waals surface area contributed by atoms with Crippen LogP contribution in [0.25, 0.3) is 0 Å². The summed E-state index contributed by atoms with van der Waals surface area (Å²) >= 11 is 0. The molecule has 2 rings (SSSR count). The predicted molar refractivity (Wildman–Crippen MR) is 83.4 cm³/mol. The van der Waals surface area contributed by atoms with Crippen molar-refractivity contribution in [2.75, 3.05) is 0 Å². The molecule has 2 N–H and O–H groups in total. The molecule has 0 bridgehead atoms. The van der Waals surface area contributed by atoms with E-state index in [1.165, 1.54) is 12.8 Å². The molecule has 20 heavy (non-hydrogen) atoms. The van der Waals surface area contributed by atoms with Gasteiger partial charge in [0.05, 0.1) is 12.2 Å². The lowest BCUT2D eigenvalue weighted by Crippen LogP contribution is -2.51. The highest BCUT2D eigenvalue weighted by Crippen LogP contribution is 2.47. The largest absolute Gasteiger partial charge is 0.392 e. The van der Waals surface area contributed by atoms with E-state index in [0.29, 0.717) is 29.6 Å². The SMILES string of the molecule is CC(C)C[C@H]1CCC2CC[C@@H](CC(C)C)C(O)C2C1O. The van der Waals surface area contributed by atoms with Crippen LogP contribution in [0.2, 0.25) is 0 Å². The van der Waals surface area contributed by atoms with Crippen molar-refractivity contribution in [3.05, 3.63) is 0 Å². The second kappa shape index (κ2) is 6.79. The fourth-order valence-corrected chi connectivity index (χ4v) is 4.84. The van der Waals surface area contributed by atoms with Crippen LogP contribution in [-0.2, 0) is 0 Å². The maximum absolute atomic E-state index is 10.8. The van der Waals surface area contributed by atoms with Crippen molar-refractivity contribution >= 4 is 0 Å². The molecule has 0 aromatic rings. The van der Waals surface area contributed by atoms with Crippen molar-refractivity contribution in [1.29, 1.82) is 0 Å². The first-order valence-corrected chi connectivity index (χ1v) is 8.76. The van der Waals surface area contributed by atoms with Gasteiger partial charge in [-0.25, -0.2) is 0 Å². The van der Waals surface area contributed by atoms with Crippen LogP contribution < -0.4 is 0 Å². The number of aliphatic hydroxyl groups is 2. The molecule has 2 aliphatic carbocycles. The van der Waals surface area contributed by atoms with E-state index in [-0.39, 0.29) is 18.1 Å². The van der Waals surface area contributed by atoms with Crippen molar-refractivity contribution in [1.82, 2.24) is 0 Å². The molecule has 4 unspecified atom stereocenters. The third-order valence-electron chi connectivity index (χ3n) is 5.66. The highest BCUT2D eigenvalue weighted by Gasteiger charge is 2.46. The Morgan fingerprint density at radius 2 is 1.15 bits per heavy atom. The first-order chi connectivity index (χ1) is 9.40. The lowest BCUT2D eigenvalue weighted by molar-refractivity contribution is -0.121. The van der Waals surface area contributed by atoms with E-state index < -0.39 is 0 Å². The van der Waals surface area contributed by atoms with Crippen molar-refractivity contribution in [2.45, 2.75) is 78.4 Å². The van der Waals surface area contributed by atoms with Crippen molar-refractivity contribution in [2.24, 2.45) is 35.5 Å². The average Bonchev–Trinajstić information content (AvgIpc) is 2.35. The van der Waals surface area contributed by atoms with E-state index in [0.717, 1.165) is 25.7 Å². The summed E-state index contributed by atoms with van der Waals surface area (Å²) in [6.45, 7) is 8.94. The van der Waals surface area contributed by atoms with Crippen LogP contribution in [-0.4, -0.2) is 22.4 Å². The first kappa shape index (κ1) is 16.3. The zero-order valence-corrected chi connectivity index (χ0v) is 13.8. The Labute approximate surface area is 125 Å². The molecule has 0 heterocycles. The van der Waals surface area contributed by atoms with Gasteiger partial charge < -0.3 is 10.2 Å². The standard InChI is InChI=1S/C18H34O2/c1-11(2)9-14-7-5-13-6-8-15(10-12(3)4)18(20)16(13)17(14)19/h11-20H,5-10H2,1-4H3/t13?,14-,15+,16?,17?,18?. The molecular weight excluding hydrogens is 248 g/mol. The van der Waals surface area contributed by atoms with Gasteiger partial charge in [-0.3, -0.25) is 0 Å². The Kier molecular flexibility index (Phi) is 5.53. The molecule has 6 atom stereocenters. The van der Waals surface area contributed by atoms with Gasteiger partial charge >= 0.3 is 0 Å². The summed E-state index contributed by atoms with van der Waals surface area (Å²) in [5, 5.41) is 21.6. The van der Waals surface area contributed by atoms with Gasteiger partial charge in [-0.15, -0.1) is 0 Å². The zero-order chi connectivity index (χ0) is 14.9. The molecule has 118 valence electrons. The van der Waals surface area contributed by atoms with E-state index >= 15 is 0 Å². The fraction of sp³-hybridized carbons (Fsp3) is 1.00. The third kappa shape index (κ3) is 3.57. The fourth-order valence-electron chi connectivity index (χ4n) is 4.84. The van der Waals surface area contributed by atoms with Gasteiger partial charge in [0, 0.05) is 5.92 Å². The van der Waals surface area contributed by atoms with E-state index in [9.17, 15) is 10.2 Å². The van der Waals surface area contributed by atoms with E-state index in [1.807, 2.05) is 0 Å². The molecule has 2 nitrogen and oxygen atoms in total. The van der Waals surface area contributed by atoms with Gasteiger partial charge in [0.15, 0.2) is 0 Å². The lowest BCUT2D eigenvalue weighted by Gasteiger charge is -2.49. The van der Waals surface area contributed by atoms with Crippen LogP contribution >= 0.6 is 0 Å². The van der Waals surface area contributed by atoms with Crippen molar-refractivity contribution < 1.29 is 10.2 Å². The summed E-state index contributed by atoms with van der Waals surface area (Å²) in [4.78, 5) is 0. The summed E-state index contributed by atoms with van der Waals surface area (Å²) in [5.41, 5.74) is 0. The first-order valence-electron chi connectivity index (χ1n) is 8.76. The molecule has 0 aromatic heterocycles. The van der Waals surface area contributed by atoms with Gasteiger partial charge in [-0.2, -0.15) is 0 Å². The number of aliphatic hydroxyl groups excluding tert-OH is 2. The predicted octanol–water partition coefficient (Wildman–Crippen LogP) is 3.85. The smallest absolute Gasteiger partial charge is 0.0624 e. The maximum Gasteiger partial charge on any atom is 0.0624 e. The molecule has 2 aliphatic rings. The summed E-state index contributed by atoms with van der Waals surface area (Å²) in [6.07, 6.45) is 6.39. The molecule has 0 spiro atoms. The summed E-state index contributed by atoms with van der Waals surface area (Å²) in [6, 6.07) is 0. The van der Waals surface area contributed by atoms with Crippen LogP contribution in [0.4, 0.5) is 0 Å². The second-order valence-corrected chi connectivity index (χ2v) is 8.25. The number of hydrogen-bond donors (Lipinski definition) is 2. The summed E-state index contributed by atoms with van der Waals surface area (Å²) in [7, 11) is 0. The van der Waals surface area contributed by atoms with Crippen LogP contribution in [0.15, 0.2) is 0 Å². The minimum Gasteiger partial charge on any atom is -0.392 e. The number of hydrogen-bond acceptors (Lipinski definition) is 2. The maximum atomic E-state index is 10.8. The van der Waals surface area contributed by atoms with Gasteiger partial charge in [0.1, 0.15) is 0 Å².